The molecule has 166 valence electrons. The number of aliphatic hydroxyl groups is 1. The second kappa shape index (κ2) is 8.03. The molecule has 4 rings (SSSR count). The minimum Gasteiger partial charge on any atom is -0.483 e. The van der Waals surface area contributed by atoms with E-state index in [1.165, 1.54) is 0 Å². The third-order valence-corrected chi connectivity index (χ3v) is 6.07. The largest absolute Gasteiger partial charge is 0.483 e. The summed E-state index contributed by atoms with van der Waals surface area (Å²) in [6.07, 6.45) is 4.13. The molecule has 0 atom stereocenters. The highest BCUT2D eigenvalue weighted by Crippen LogP contribution is 2.41. The highest BCUT2D eigenvalue weighted by molar-refractivity contribution is 5.64. The SMILES string of the molecule is CN(C)c1ccc(C(O)(c2ccc(N(C)C)cc2)c2ccc3c(c2)C=CC(C)(C)O3)cc1. The Morgan fingerprint density at radius 3 is 1.66 bits per heavy atom. The molecule has 0 spiro atoms. The van der Waals surface area contributed by atoms with Crippen molar-refractivity contribution in [2.24, 2.45) is 0 Å². The van der Waals surface area contributed by atoms with Gasteiger partial charge in [-0.2, -0.15) is 0 Å². The minimum absolute atomic E-state index is 0.338. The van der Waals surface area contributed by atoms with Crippen LogP contribution in [0.15, 0.2) is 72.8 Å². The number of benzene rings is 3. The minimum atomic E-state index is -1.30. The fourth-order valence-electron chi connectivity index (χ4n) is 4.11. The van der Waals surface area contributed by atoms with Gasteiger partial charge in [0, 0.05) is 45.1 Å². The van der Waals surface area contributed by atoms with Crippen molar-refractivity contribution in [3.63, 3.8) is 0 Å². The van der Waals surface area contributed by atoms with E-state index in [4.69, 9.17) is 4.74 Å². The van der Waals surface area contributed by atoms with Gasteiger partial charge in [-0.25, -0.2) is 0 Å². The molecule has 1 aliphatic rings. The number of anilines is 2. The Balaban J connectivity index is 1.86. The molecule has 0 aliphatic carbocycles. The summed E-state index contributed by atoms with van der Waals surface area (Å²) < 4.78 is 6.10. The number of ether oxygens (including phenoxy) is 1. The fraction of sp³-hybridized carbons (Fsp3) is 0.286. The van der Waals surface area contributed by atoms with E-state index in [0.29, 0.717) is 0 Å². The van der Waals surface area contributed by atoms with Gasteiger partial charge >= 0.3 is 0 Å². The summed E-state index contributed by atoms with van der Waals surface area (Å²) in [5.41, 5.74) is 3.95. The lowest BCUT2D eigenvalue weighted by molar-refractivity contribution is 0.125. The number of hydrogen-bond donors (Lipinski definition) is 1. The van der Waals surface area contributed by atoms with Gasteiger partial charge in [-0.1, -0.05) is 36.4 Å². The molecule has 4 heteroatoms. The Kier molecular flexibility index (Phi) is 5.51. The highest BCUT2D eigenvalue weighted by Gasteiger charge is 2.35. The lowest BCUT2D eigenvalue weighted by Gasteiger charge is -2.33. The molecule has 1 N–H and O–H groups in total. The molecule has 3 aromatic rings. The van der Waals surface area contributed by atoms with E-state index in [1.807, 2.05) is 109 Å². The maximum Gasteiger partial charge on any atom is 0.140 e. The molecule has 0 saturated carbocycles. The summed E-state index contributed by atoms with van der Waals surface area (Å²) in [6, 6.07) is 22.1. The highest BCUT2D eigenvalue weighted by atomic mass is 16.5. The zero-order chi connectivity index (χ0) is 23.1. The second-order valence-corrected chi connectivity index (χ2v) is 9.38. The first-order valence-corrected chi connectivity index (χ1v) is 10.9. The maximum absolute atomic E-state index is 12.3. The topological polar surface area (TPSA) is 35.9 Å². The average molecular weight is 429 g/mol. The van der Waals surface area contributed by atoms with Crippen molar-refractivity contribution in [3.8, 4) is 5.75 Å². The van der Waals surface area contributed by atoms with Crippen LogP contribution in [0.1, 0.15) is 36.1 Å². The predicted molar refractivity (Wildman–Crippen MR) is 134 cm³/mol. The summed E-state index contributed by atoms with van der Waals surface area (Å²) in [7, 11) is 8.05. The molecule has 0 amide bonds. The zero-order valence-electron chi connectivity index (χ0n) is 19.8. The van der Waals surface area contributed by atoms with Gasteiger partial charge in [0.15, 0.2) is 0 Å². The third-order valence-electron chi connectivity index (χ3n) is 6.07. The molecule has 1 aliphatic heterocycles. The van der Waals surface area contributed by atoms with Crippen LogP contribution < -0.4 is 14.5 Å². The molecule has 0 fully saturated rings. The molecule has 0 unspecified atom stereocenters. The van der Waals surface area contributed by atoms with Crippen LogP contribution in [0, 0.1) is 0 Å². The van der Waals surface area contributed by atoms with E-state index in [0.717, 1.165) is 39.4 Å². The van der Waals surface area contributed by atoms with Crippen molar-refractivity contribution in [2.75, 3.05) is 38.0 Å². The first-order chi connectivity index (χ1) is 15.1. The molecule has 32 heavy (non-hydrogen) atoms. The van der Waals surface area contributed by atoms with E-state index in [1.54, 1.807) is 0 Å². The maximum atomic E-state index is 12.3. The molecule has 0 radical (unpaired) electrons. The molecule has 1 heterocycles. The van der Waals surface area contributed by atoms with Crippen molar-refractivity contribution in [3.05, 3.63) is 95.1 Å². The summed E-state index contributed by atoms with van der Waals surface area (Å²) in [5.74, 6) is 0.828. The molecular formula is C28H32N2O2. The van der Waals surface area contributed by atoms with Gasteiger partial charge in [-0.05, 0) is 73.0 Å². The van der Waals surface area contributed by atoms with E-state index in [-0.39, 0.29) is 5.60 Å². The van der Waals surface area contributed by atoms with Gasteiger partial charge < -0.3 is 19.6 Å². The Bertz CT molecular complexity index is 1080. The molecule has 4 nitrogen and oxygen atoms in total. The van der Waals surface area contributed by atoms with E-state index >= 15 is 0 Å². The summed E-state index contributed by atoms with van der Waals surface area (Å²) >= 11 is 0. The number of rotatable bonds is 5. The van der Waals surface area contributed by atoms with E-state index < -0.39 is 5.60 Å². The summed E-state index contributed by atoms with van der Waals surface area (Å²) in [5, 5.41) is 12.3. The lowest BCUT2D eigenvalue weighted by atomic mass is 9.79. The number of nitrogens with zero attached hydrogens (tertiary/aromatic N) is 2. The zero-order valence-corrected chi connectivity index (χ0v) is 19.8. The van der Waals surface area contributed by atoms with Gasteiger partial charge in [0.05, 0.1) is 0 Å². The molecule has 0 saturated heterocycles. The van der Waals surface area contributed by atoms with Crippen LogP contribution in [0.2, 0.25) is 0 Å². The van der Waals surface area contributed by atoms with Crippen LogP contribution in [0.25, 0.3) is 6.08 Å². The van der Waals surface area contributed by atoms with Crippen LogP contribution in [0.3, 0.4) is 0 Å². The Hall–Kier alpha value is -3.24. The Labute approximate surface area is 191 Å². The van der Waals surface area contributed by atoms with Crippen molar-refractivity contribution in [1.82, 2.24) is 0 Å². The van der Waals surface area contributed by atoms with E-state index in [9.17, 15) is 5.11 Å². The van der Waals surface area contributed by atoms with Crippen molar-refractivity contribution in [1.29, 1.82) is 0 Å². The summed E-state index contributed by atoms with van der Waals surface area (Å²) in [6.45, 7) is 4.07. The fourth-order valence-corrected chi connectivity index (χ4v) is 4.11. The standard InChI is InChI=1S/C28H32N2O2/c1-27(2)18-17-20-19-23(11-16-26(20)32-27)28(31,21-7-12-24(13-8-21)29(3)4)22-9-14-25(15-10-22)30(5)6/h7-19,31H,1-6H3. The van der Waals surface area contributed by atoms with Crippen LogP contribution in [0.5, 0.6) is 5.75 Å². The van der Waals surface area contributed by atoms with Crippen molar-refractivity contribution in [2.45, 2.75) is 25.0 Å². The smallest absolute Gasteiger partial charge is 0.140 e. The number of hydrogen-bond acceptors (Lipinski definition) is 4. The Morgan fingerprint density at radius 2 is 1.19 bits per heavy atom. The number of fused-ring (bicyclic) bond motifs is 1. The molecule has 0 aromatic heterocycles. The van der Waals surface area contributed by atoms with Gasteiger partial charge in [0.2, 0.25) is 0 Å². The summed E-state index contributed by atoms with van der Waals surface area (Å²) in [4.78, 5) is 4.11. The Morgan fingerprint density at radius 1 is 0.719 bits per heavy atom. The van der Waals surface area contributed by atoms with Gasteiger partial charge in [-0.15, -0.1) is 0 Å². The average Bonchev–Trinajstić information content (AvgIpc) is 2.77. The van der Waals surface area contributed by atoms with Crippen LogP contribution in [-0.2, 0) is 5.60 Å². The second-order valence-electron chi connectivity index (χ2n) is 9.38. The van der Waals surface area contributed by atoms with Crippen LogP contribution >= 0.6 is 0 Å². The molecule has 0 bridgehead atoms. The van der Waals surface area contributed by atoms with E-state index in [2.05, 4.69) is 22.0 Å². The first-order valence-electron chi connectivity index (χ1n) is 10.9. The van der Waals surface area contributed by atoms with Crippen molar-refractivity contribution >= 4 is 17.5 Å². The van der Waals surface area contributed by atoms with Crippen LogP contribution in [0.4, 0.5) is 11.4 Å². The monoisotopic (exact) mass is 428 g/mol. The first kappa shape index (κ1) is 22.0. The quantitative estimate of drug-likeness (QED) is 0.561. The molecular weight excluding hydrogens is 396 g/mol. The van der Waals surface area contributed by atoms with Gasteiger partial charge in [0.1, 0.15) is 17.0 Å². The van der Waals surface area contributed by atoms with Gasteiger partial charge in [-0.3, -0.25) is 0 Å². The van der Waals surface area contributed by atoms with Crippen molar-refractivity contribution < 1.29 is 9.84 Å². The van der Waals surface area contributed by atoms with Crippen LogP contribution in [-0.4, -0.2) is 38.9 Å². The normalized spacial score (nSPS) is 14.5. The lowest BCUT2D eigenvalue weighted by Crippen LogP contribution is -2.30. The molecule has 3 aromatic carbocycles. The van der Waals surface area contributed by atoms with Gasteiger partial charge in [0.25, 0.3) is 0 Å². The third kappa shape index (κ3) is 3.98. The predicted octanol–water partition coefficient (Wildman–Crippen LogP) is 5.29.